The first-order valence-corrected chi connectivity index (χ1v) is 11.0. The molecule has 0 unspecified atom stereocenters. The fourth-order valence-electron chi connectivity index (χ4n) is 4.19. The third kappa shape index (κ3) is 4.88. The Morgan fingerprint density at radius 1 is 1.19 bits per heavy atom. The highest BCUT2D eigenvalue weighted by molar-refractivity contribution is 5.79. The zero-order valence-electron chi connectivity index (χ0n) is 18.8. The largest absolute Gasteiger partial charge is 0.496 e. The average Bonchev–Trinajstić information content (AvgIpc) is 2.84. The minimum absolute atomic E-state index is 0.169. The van der Waals surface area contributed by atoms with Crippen LogP contribution in [0.25, 0.3) is 11.4 Å². The van der Waals surface area contributed by atoms with Crippen molar-refractivity contribution < 1.29 is 9.53 Å². The molecule has 1 saturated heterocycles. The van der Waals surface area contributed by atoms with Crippen molar-refractivity contribution in [1.82, 2.24) is 19.9 Å². The summed E-state index contributed by atoms with van der Waals surface area (Å²) in [5.74, 6) is 2.78. The van der Waals surface area contributed by atoms with E-state index in [0.717, 1.165) is 59.9 Å². The van der Waals surface area contributed by atoms with Crippen LogP contribution in [0, 0.1) is 6.92 Å². The van der Waals surface area contributed by atoms with Crippen LogP contribution in [0.2, 0.25) is 0 Å². The molecule has 1 amide bonds. The molecule has 2 aromatic heterocycles. The molecule has 1 aliphatic heterocycles. The predicted molar refractivity (Wildman–Crippen MR) is 125 cm³/mol. The van der Waals surface area contributed by atoms with E-state index in [1.807, 2.05) is 55.3 Å². The smallest absolute Gasteiger partial charge is 0.226 e. The van der Waals surface area contributed by atoms with E-state index in [1.165, 1.54) is 0 Å². The van der Waals surface area contributed by atoms with Gasteiger partial charge in [-0.1, -0.05) is 12.1 Å². The third-order valence-corrected chi connectivity index (χ3v) is 6.00. The summed E-state index contributed by atoms with van der Waals surface area (Å²) in [6, 6.07) is 11.8. The van der Waals surface area contributed by atoms with Crippen molar-refractivity contribution in [2.75, 3.05) is 32.6 Å². The summed E-state index contributed by atoms with van der Waals surface area (Å²) >= 11 is 0. The molecule has 7 heteroatoms. The molecule has 0 bridgehead atoms. The SMILES string of the molecule is CNc1cc(C2CCN(C(=O)Cc3ccc(OC)c(C)c3)CC2)nc(-c2cccnc2)n1. The number of carbonyl (C=O) groups is 1. The lowest BCUT2D eigenvalue weighted by Gasteiger charge is -2.32. The summed E-state index contributed by atoms with van der Waals surface area (Å²) in [5, 5.41) is 3.14. The van der Waals surface area contributed by atoms with Crippen molar-refractivity contribution in [2.45, 2.75) is 32.1 Å². The Hall–Kier alpha value is -3.48. The lowest BCUT2D eigenvalue weighted by molar-refractivity contribution is -0.131. The number of aromatic nitrogens is 3. The number of nitrogens with one attached hydrogen (secondary N) is 1. The second-order valence-electron chi connectivity index (χ2n) is 8.13. The molecule has 166 valence electrons. The summed E-state index contributed by atoms with van der Waals surface area (Å²) < 4.78 is 5.31. The van der Waals surface area contributed by atoms with Gasteiger partial charge < -0.3 is 15.0 Å². The van der Waals surface area contributed by atoms with Gasteiger partial charge in [-0.05, 0) is 49.1 Å². The van der Waals surface area contributed by atoms with Crippen molar-refractivity contribution >= 4 is 11.7 Å². The molecule has 0 spiro atoms. The number of ether oxygens (including phenoxy) is 1. The summed E-state index contributed by atoms with van der Waals surface area (Å²) in [7, 11) is 3.52. The van der Waals surface area contributed by atoms with Crippen LogP contribution < -0.4 is 10.1 Å². The Labute approximate surface area is 188 Å². The van der Waals surface area contributed by atoms with Gasteiger partial charge in [-0.25, -0.2) is 9.97 Å². The quantitative estimate of drug-likeness (QED) is 0.639. The molecule has 3 aromatic rings. The van der Waals surface area contributed by atoms with Crippen LogP contribution >= 0.6 is 0 Å². The lowest BCUT2D eigenvalue weighted by atomic mass is 9.92. The second-order valence-corrected chi connectivity index (χ2v) is 8.13. The van der Waals surface area contributed by atoms with Crippen molar-refractivity contribution in [2.24, 2.45) is 0 Å². The number of piperidine rings is 1. The number of hydrogen-bond acceptors (Lipinski definition) is 6. The number of aryl methyl sites for hydroxylation is 1. The van der Waals surface area contributed by atoms with Gasteiger partial charge in [-0.15, -0.1) is 0 Å². The van der Waals surface area contributed by atoms with Gasteiger partial charge >= 0.3 is 0 Å². The van der Waals surface area contributed by atoms with Crippen LogP contribution in [0.5, 0.6) is 5.75 Å². The standard InChI is InChI=1S/C25H29N5O2/c1-17-13-18(6-7-22(17)32-3)14-24(31)30-11-8-19(9-12-30)21-15-23(26-2)29-25(28-21)20-5-4-10-27-16-20/h4-7,10,13,15-16,19H,8-9,11-12,14H2,1-3H3,(H,26,28,29). The number of benzene rings is 1. The Bertz CT molecular complexity index is 1080. The third-order valence-electron chi connectivity index (χ3n) is 6.00. The number of amides is 1. The van der Waals surface area contributed by atoms with Crippen molar-refractivity contribution in [1.29, 1.82) is 0 Å². The molecule has 1 N–H and O–H groups in total. The Kier molecular flexibility index (Phi) is 6.63. The van der Waals surface area contributed by atoms with Crippen LogP contribution in [0.4, 0.5) is 5.82 Å². The number of anilines is 1. The fraction of sp³-hybridized carbons (Fsp3) is 0.360. The van der Waals surface area contributed by atoms with E-state index < -0.39 is 0 Å². The molecule has 7 nitrogen and oxygen atoms in total. The molecule has 0 aliphatic carbocycles. The average molecular weight is 432 g/mol. The van der Waals surface area contributed by atoms with E-state index >= 15 is 0 Å². The maximum absolute atomic E-state index is 12.9. The molecule has 32 heavy (non-hydrogen) atoms. The number of likely N-dealkylation sites (tertiary alicyclic amines) is 1. The minimum atomic E-state index is 0.169. The zero-order valence-corrected chi connectivity index (χ0v) is 18.8. The van der Waals surface area contributed by atoms with Gasteiger partial charge in [-0.2, -0.15) is 0 Å². The van der Waals surface area contributed by atoms with E-state index in [9.17, 15) is 4.79 Å². The van der Waals surface area contributed by atoms with Gasteiger partial charge in [0.05, 0.1) is 13.5 Å². The summed E-state index contributed by atoms with van der Waals surface area (Å²) in [6.07, 6.45) is 5.71. The first-order valence-electron chi connectivity index (χ1n) is 11.0. The molecule has 1 aliphatic rings. The van der Waals surface area contributed by atoms with E-state index in [4.69, 9.17) is 9.72 Å². The molecule has 1 fully saturated rings. The monoisotopic (exact) mass is 431 g/mol. The highest BCUT2D eigenvalue weighted by Crippen LogP contribution is 2.30. The summed E-state index contributed by atoms with van der Waals surface area (Å²) in [6.45, 7) is 3.47. The van der Waals surface area contributed by atoms with Crippen LogP contribution in [0.15, 0.2) is 48.8 Å². The number of pyridine rings is 1. The Balaban J connectivity index is 1.42. The van der Waals surface area contributed by atoms with Gasteiger partial charge in [0.1, 0.15) is 11.6 Å². The first kappa shape index (κ1) is 21.7. The van der Waals surface area contributed by atoms with Gasteiger partial charge in [-0.3, -0.25) is 9.78 Å². The van der Waals surface area contributed by atoms with Gasteiger partial charge in [0.2, 0.25) is 5.91 Å². The number of hydrogen-bond donors (Lipinski definition) is 1. The predicted octanol–water partition coefficient (Wildman–Crippen LogP) is 3.85. The number of nitrogens with zero attached hydrogens (tertiary/aromatic N) is 4. The summed E-state index contributed by atoms with van der Waals surface area (Å²) in [4.78, 5) is 28.4. The normalized spacial score (nSPS) is 14.3. The van der Waals surface area contributed by atoms with Crippen molar-refractivity contribution in [3.63, 3.8) is 0 Å². The van der Waals surface area contributed by atoms with Gasteiger partial charge in [0, 0.05) is 55.8 Å². The maximum atomic E-state index is 12.9. The highest BCUT2D eigenvalue weighted by Gasteiger charge is 2.25. The zero-order chi connectivity index (χ0) is 22.5. The van der Waals surface area contributed by atoms with Crippen molar-refractivity contribution in [3.05, 3.63) is 65.6 Å². The van der Waals surface area contributed by atoms with Crippen molar-refractivity contribution in [3.8, 4) is 17.1 Å². The van der Waals surface area contributed by atoms with Gasteiger partial charge in [0.25, 0.3) is 0 Å². The fourth-order valence-corrected chi connectivity index (χ4v) is 4.19. The van der Waals surface area contributed by atoms with Crippen LogP contribution in [-0.4, -0.2) is 53.0 Å². The van der Waals surface area contributed by atoms with Gasteiger partial charge in [0.15, 0.2) is 5.82 Å². The van der Waals surface area contributed by atoms with E-state index in [2.05, 4.69) is 15.3 Å². The molecule has 1 aromatic carbocycles. The first-order chi connectivity index (χ1) is 15.6. The van der Waals surface area contributed by atoms with E-state index in [-0.39, 0.29) is 5.91 Å². The molecule has 0 radical (unpaired) electrons. The van der Waals surface area contributed by atoms with Crippen LogP contribution in [-0.2, 0) is 11.2 Å². The maximum Gasteiger partial charge on any atom is 0.226 e. The molecule has 0 atom stereocenters. The van der Waals surface area contributed by atoms with E-state index in [0.29, 0.717) is 18.2 Å². The highest BCUT2D eigenvalue weighted by atomic mass is 16.5. The number of methoxy groups -OCH3 is 1. The van der Waals surface area contributed by atoms with Crippen LogP contribution in [0.3, 0.4) is 0 Å². The van der Waals surface area contributed by atoms with E-state index in [1.54, 1.807) is 19.5 Å². The molecular weight excluding hydrogens is 402 g/mol. The molecule has 4 rings (SSSR count). The minimum Gasteiger partial charge on any atom is -0.496 e. The van der Waals surface area contributed by atoms with Crippen LogP contribution in [0.1, 0.15) is 35.6 Å². The number of carbonyl (C=O) groups excluding carboxylic acids is 1. The summed E-state index contributed by atoms with van der Waals surface area (Å²) in [5.41, 5.74) is 3.98. The molecule has 3 heterocycles. The molecule has 0 saturated carbocycles. The second kappa shape index (κ2) is 9.77. The lowest BCUT2D eigenvalue weighted by Crippen LogP contribution is -2.39. The topological polar surface area (TPSA) is 80.2 Å². The number of rotatable bonds is 6. The Morgan fingerprint density at radius 3 is 2.66 bits per heavy atom. The molecular formula is C25H29N5O2. The Morgan fingerprint density at radius 2 is 2.00 bits per heavy atom.